The third kappa shape index (κ3) is 2.48. The summed E-state index contributed by atoms with van der Waals surface area (Å²) in [5.41, 5.74) is -0.0846. The van der Waals surface area contributed by atoms with Crippen molar-refractivity contribution >= 4 is 11.4 Å². The summed E-state index contributed by atoms with van der Waals surface area (Å²) < 4.78 is 18.3. The van der Waals surface area contributed by atoms with E-state index in [9.17, 15) is 14.5 Å². The molecule has 0 amide bonds. The molecule has 1 aromatic carbocycles. The van der Waals surface area contributed by atoms with Gasteiger partial charge < -0.3 is 9.73 Å². The van der Waals surface area contributed by atoms with Crippen molar-refractivity contribution in [2.24, 2.45) is 0 Å². The smallest absolute Gasteiger partial charge is 0.306 e. The maximum atomic E-state index is 13.1. The van der Waals surface area contributed by atoms with Crippen LogP contribution in [0.25, 0.3) is 0 Å². The van der Waals surface area contributed by atoms with Crippen molar-refractivity contribution in [2.75, 3.05) is 5.32 Å². The Morgan fingerprint density at radius 3 is 2.83 bits per heavy atom. The van der Waals surface area contributed by atoms with Crippen molar-refractivity contribution in [1.29, 1.82) is 0 Å². The second-order valence-corrected chi connectivity index (χ2v) is 3.80. The van der Waals surface area contributed by atoms with Gasteiger partial charge in [-0.1, -0.05) is 0 Å². The van der Waals surface area contributed by atoms with Crippen LogP contribution < -0.4 is 5.32 Å². The van der Waals surface area contributed by atoms with E-state index in [0.717, 1.165) is 12.1 Å². The summed E-state index contributed by atoms with van der Waals surface area (Å²) in [6.45, 7) is 1.84. The van der Waals surface area contributed by atoms with Gasteiger partial charge in [0.15, 0.2) is 0 Å². The van der Waals surface area contributed by atoms with E-state index < -0.39 is 16.4 Å². The predicted octanol–water partition coefficient (Wildman–Crippen LogP) is 3.50. The Morgan fingerprint density at radius 2 is 2.22 bits per heavy atom. The van der Waals surface area contributed by atoms with E-state index in [1.807, 2.05) is 6.92 Å². The minimum absolute atomic E-state index is 0.162. The lowest BCUT2D eigenvalue weighted by molar-refractivity contribution is -0.387. The van der Waals surface area contributed by atoms with Crippen LogP contribution in [0.15, 0.2) is 41.0 Å². The second kappa shape index (κ2) is 4.87. The number of nitrogens with one attached hydrogen (secondary N) is 1. The molecule has 2 aromatic rings. The molecule has 0 bridgehead atoms. The highest BCUT2D eigenvalue weighted by Crippen LogP contribution is 2.25. The fourth-order valence-electron chi connectivity index (χ4n) is 1.60. The summed E-state index contributed by atoms with van der Waals surface area (Å²) in [6.07, 6.45) is 1.54. The van der Waals surface area contributed by atoms with E-state index in [-0.39, 0.29) is 6.04 Å². The molecule has 94 valence electrons. The molecular weight excluding hydrogens is 239 g/mol. The van der Waals surface area contributed by atoms with E-state index in [0.29, 0.717) is 11.4 Å². The highest BCUT2D eigenvalue weighted by molar-refractivity contribution is 5.52. The SMILES string of the molecule is CC(Nc1ccc(F)c([N+](=O)[O-])c1)c1ccco1. The largest absolute Gasteiger partial charge is 0.467 e. The summed E-state index contributed by atoms with van der Waals surface area (Å²) in [7, 11) is 0. The molecule has 0 saturated carbocycles. The number of rotatable bonds is 4. The number of benzene rings is 1. The fourth-order valence-corrected chi connectivity index (χ4v) is 1.60. The zero-order chi connectivity index (χ0) is 13.1. The van der Waals surface area contributed by atoms with Gasteiger partial charge in [0.1, 0.15) is 5.76 Å². The van der Waals surface area contributed by atoms with Gasteiger partial charge in [-0.15, -0.1) is 0 Å². The lowest BCUT2D eigenvalue weighted by Gasteiger charge is -2.12. The molecular formula is C12H11FN2O3. The first-order valence-electron chi connectivity index (χ1n) is 5.32. The Morgan fingerprint density at radius 1 is 1.44 bits per heavy atom. The highest BCUT2D eigenvalue weighted by Gasteiger charge is 2.16. The molecule has 2 rings (SSSR count). The summed E-state index contributed by atoms with van der Waals surface area (Å²) in [6, 6.07) is 7.05. The molecule has 0 aliphatic heterocycles. The maximum Gasteiger partial charge on any atom is 0.306 e. The topological polar surface area (TPSA) is 68.3 Å². The number of hydrogen-bond acceptors (Lipinski definition) is 4. The monoisotopic (exact) mass is 250 g/mol. The molecule has 0 saturated heterocycles. The minimum Gasteiger partial charge on any atom is -0.467 e. The Kier molecular flexibility index (Phi) is 3.27. The predicted molar refractivity (Wildman–Crippen MR) is 63.8 cm³/mol. The van der Waals surface area contributed by atoms with Gasteiger partial charge in [0.2, 0.25) is 5.82 Å². The normalized spacial score (nSPS) is 12.1. The Bertz CT molecular complexity index is 554. The van der Waals surface area contributed by atoms with Gasteiger partial charge in [0, 0.05) is 11.8 Å². The molecule has 1 aromatic heterocycles. The number of nitro groups is 1. The second-order valence-electron chi connectivity index (χ2n) is 3.80. The highest BCUT2D eigenvalue weighted by atomic mass is 19.1. The molecule has 1 heterocycles. The Balaban J connectivity index is 2.20. The van der Waals surface area contributed by atoms with Crippen LogP contribution in [0.4, 0.5) is 15.8 Å². The number of furan rings is 1. The molecule has 0 fully saturated rings. The van der Waals surface area contributed by atoms with E-state index in [2.05, 4.69) is 5.32 Å². The Hall–Kier alpha value is -2.37. The van der Waals surface area contributed by atoms with Crippen LogP contribution >= 0.6 is 0 Å². The van der Waals surface area contributed by atoms with Crippen molar-refractivity contribution in [3.8, 4) is 0 Å². The maximum absolute atomic E-state index is 13.1. The minimum atomic E-state index is -0.851. The lowest BCUT2D eigenvalue weighted by Crippen LogP contribution is -2.06. The van der Waals surface area contributed by atoms with Crippen molar-refractivity contribution in [3.63, 3.8) is 0 Å². The van der Waals surface area contributed by atoms with Crippen LogP contribution in [0.5, 0.6) is 0 Å². The average molecular weight is 250 g/mol. The van der Waals surface area contributed by atoms with Gasteiger partial charge in [0.25, 0.3) is 0 Å². The van der Waals surface area contributed by atoms with Crippen LogP contribution in [-0.4, -0.2) is 4.92 Å². The van der Waals surface area contributed by atoms with Gasteiger partial charge in [-0.25, -0.2) is 0 Å². The first-order chi connectivity index (χ1) is 8.58. The van der Waals surface area contributed by atoms with Gasteiger partial charge >= 0.3 is 5.69 Å². The molecule has 0 radical (unpaired) electrons. The van der Waals surface area contributed by atoms with Crippen LogP contribution in [-0.2, 0) is 0 Å². The summed E-state index contributed by atoms with van der Waals surface area (Å²) in [5, 5.41) is 13.6. The number of halogens is 1. The van der Waals surface area contributed by atoms with E-state index in [4.69, 9.17) is 4.42 Å². The van der Waals surface area contributed by atoms with Gasteiger partial charge in [-0.3, -0.25) is 10.1 Å². The summed E-state index contributed by atoms with van der Waals surface area (Å²) in [4.78, 5) is 9.86. The van der Waals surface area contributed by atoms with E-state index in [1.54, 1.807) is 18.4 Å². The zero-order valence-electron chi connectivity index (χ0n) is 9.59. The molecule has 1 unspecified atom stereocenters. The first-order valence-corrected chi connectivity index (χ1v) is 5.32. The van der Waals surface area contributed by atoms with E-state index >= 15 is 0 Å². The summed E-state index contributed by atoms with van der Waals surface area (Å²) in [5.74, 6) is -0.154. The third-order valence-electron chi connectivity index (χ3n) is 2.50. The molecule has 0 aliphatic carbocycles. The number of anilines is 1. The third-order valence-corrected chi connectivity index (χ3v) is 2.50. The van der Waals surface area contributed by atoms with Crippen LogP contribution in [0.3, 0.4) is 0 Å². The van der Waals surface area contributed by atoms with Crippen molar-refractivity contribution < 1.29 is 13.7 Å². The molecule has 1 N–H and O–H groups in total. The Labute approximate surface area is 102 Å². The fraction of sp³-hybridized carbons (Fsp3) is 0.167. The molecule has 0 spiro atoms. The average Bonchev–Trinajstić information content (AvgIpc) is 2.85. The molecule has 1 atom stereocenters. The molecule has 5 nitrogen and oxygen atoms in total. The van der Waals surface area contributed by atoms with Gasteiger partial charge in [-0.2, -0.15) is 4.39 Å². The molecule has 0 aliphatic rings. The van der Waals surface area contributed by atoms with Crippen LogP contribution in [0.1, 0.15) is 18.7 Å². The number of nitro benzene ring substituents is 1. The molecule has 18 heavy (non-hydrogen) atoms. The first kappa shape index (κ1) is 12.1. The number of hydrogen-bond donors (Lipinski definition) is 1. The van der Waals surface area contributed by atoms with Crippen LogP contribution in [0, 0.1) is 15.9 Å². The van der Waals surface area contributed by atoms with Crippen molar-refractivity contribution in [1.82, 2.24) is 0 Å². The summed E-state index contributed by atoms with van der Waals surface area (Å²) >= 11 is 0. The number of nitrogens with zero attached hydrogens (tertiary/aromatic N) is 1. The molecule has 6 heteroatoms. The zero-order valence-corrected chi connectivity index (χ0v) is 9.59. The lowest BCUT2D eigenvalue weighted by atomic mass is 10.2. The quantitative estimate of drug-likeness (QED) is 0.666. The van der Waals surface area contributed by atoms with E-state index in [1.165, 1.54) is 6.07 Å². The van der Waals surface area contributed by atoms with Gasteiger partial charge in [-0.05, 0) is 31.2 Å². The van der Waals surface area contributed by atoms with Crippen molar-refractivity contribution in [3.05, 3.63) is 58.3 Å². The van der Waals surface area contributed by atoms with Crippen molar-refractivity contribution in [2.45, 2.75) is 13.0 Å². The standard InChI is InChI=1S/C12H11FN2O3/c1-8(12-3-2-6-18-12)14-9-4-5-10(13)11(7-9)15(16)17/h2-8,14H,1H3. The van der Waals surface area contributed by atoms with Gasteiger partial charge in [0.05, 0.1) is 17.2 Å². The van der Waals surface area contributed by atoms with Crippen LogP contribution in [0.2, 0.25) is 0 Å².